The van der Waals surface area contributed by atoms with Crippen LogP contribution in [0.5, 0.6) is 0 Å². The molecule has 0 aliphatic rings. The van der Waals surface area contributed by atoms with E-state index in [0.717, 1.165) is 6.92 Å². The number of hydrogen-bond donors (Lipinski definition) is 2. The average molecular weight is 124 g/mol. The van der Waals surface area contributed by atoms with E-state index in [-0.39, 0.29) is 0 Å². The van der Waals surface area contributed by atoms with Gasteiger partial charge in [0.1, 0.15) is 6.04 Å². The highest BCUT2D eigenvalue weighted by atomic mass is 16.5. The second-order valence-corrected chi connectivity index (χ2v) is 1.32. The van der Waals surface area contributed by atoms with Gasteiger partial charge >= 0.3 is 5.97 Å². The van der Waals surface area contributed by atoms with Gasteiger partial charge in [0.05, 0.1) is 0 Å². The molecule has 0 fully saturated rings. The lowest BCUT2D eigenvalue weighted by molar-refractivity contribution is -0.138. The third-order valence-corrected chi connectivity index (χ3v) is 0.631. The second kappa shape index (κ2) is 3.43. The summed E-state index contributed by atoms with van der Waals surface area (Å²) in [7, 11) is 0. The predicted octanol–water partition coefficient (Wildman–Crippen LogP) is 0.198. The Morgan fingerprint density at radius 3 is 2.75 bits per heavy atom. The van der Waals surface area contributed by atoms with Crippen LogP contribution in [0.1, 0.15) is 23.8 Å². The quantitative estimate of drug-likeness (QED) is 0.417. The Balaban J connectivity index is 4.25. The van der Waals surface area contributed by atoms with E-state index in [1.165, 1.54) is 0 Å². The SMILES string of the molecule is [2H][13CH]([13C@H]([15NH2])[13C](=O)O)[12C]([2H])([2H])C. The van der Waals surface area contributed by atoms with Crippen molar-refractivity contribution in [2.24, 2.45) is 5.73 Å². The van der Waals surface area contributed by atoms with E-state index >= 15 is 0 Å². The molecule has 0 aliphatic heterocycles. The number of nitrogens with two attached hydrogens (primary N) is 1. The van der Waals surface area contributed by atoms with Crippen LogP contribution in [0.2, 0.25) is 0 Å². The third-order valence-electron chi connectivity index (χ3n) is 0.631. The number of aliphatic carboxylic acids is 1. The molecule has 0 spiro atoms. The maximum atomic E-state index is 10.2. The van der Waals surface area contributed by atoms with Crippen LogP contribution < -0.4 is 5.73 Å². The molecule has 0 bridgehead atoms. The van der Waals surface area contributed by atoms with Gasteiger partial charge in [0.15, 0.2) is 0 Å². The number of carbonyl (C=O) groups is 1. The van der Waals surface area contributed by atoms with Gasteiger partial charge in [-0.25, -0.2) is 0 Å². The average Bonchev–Trinajstić information content (AvgIpc) is 1.82. The molecule has 0 saturated carbocycles. The Hall–Kier alpha value is -0.570. The fourth-order valence-corrected chi connectivity index (χ4v) is 0.251. The van der Waals surface area contributed by atoms with Gasteiger partial charge in [-0.2, -0.15) is 0 Å². The molecule has 0 aromatic rings. The molecule has 48 valence electrons. The lowest BCUT2D eigenvalue weighted by atomic mass is 10.7. The lowest BCUT2D eigenvalue weighted by Gasteiger charge is -2.00. The summed E-state index contributed by atoms with van der Waals surface area (Å²) in [4.78, 5) is 10.2. The van der Waals surface area contributed by atoms with Gasteiger partial charge in [-0.1, -0.05) is 13.3 Å². The zero-order valence-corrected chi connectivity index (χ0v) is 4.59. The second-order valence-electron chi connectivity index (χ2n) is 1.32. The number of carboxylic acids is 1. The molecule has 0 aliphatic carbocycles. The molecular formula is C5H11NO2. The number of rotatable bonds is 3. The Morgan fingerprint density at radius 1 is 2.12 bits per heavy atom. The van der Waals surface area contributed by atoms with E-state index < -0.39 is 24.8 Å². The standard InChI is InChI=1S/C5H11NO2/c1-2-3-4(6)5(7)8/h4H,2-3,6H2,1H3,(H,7,8)/t4-/m0/s1/i2+0D2,3+1D,4+1,5+1,6+1/t3?,4-. The van der Waals surface area contributed by atoms with Gasteiger partial charge in [0.25, 0.3) is 0 Å². The van der Waals surface area contributed by atoms with Crippen molar-refractivity contribution in [2.45, 2.75) is 25.7 Å². The van der Waals surface area contributed by atoms with Crippen LogP contribution >= 0.6 is 0 Å². The molecule has 0 aromatic carbocycles. The third kappa shape index (κ3) is 2.58. The summed E-state index contributed by atoms with van der Waals surface area (Å²) in [6.07, 6.45) is -3.31. The lowest BCUT2D eigenvalue weighted by Crippen LogP contribution is -2.29. The fraction of sp³-hybridized carbons (Fsp3) is 0.800. The normalized spacial score (nSPS) is 24.5. The molecule has 3 N–H and O–H groups in total. The Labute approximate surface area is 52.7 Å². The van der Waals surface area contributed by atoms with Crippen molar-refractivity contribution in [1.82, 2.24) is 0 Å². The van der Waals surface area contributed by atoms with Crippen LogP contribution in [0, 0.1) is 0 Å². The summed E-state index contributed by atoms with van der Waals surface area (Å²) in [6, 6.07) is -1.46. The van der Waals surface area contributed by atoms with Gasteiger partial charge in [-0.15, -0.1) is 0 Å². The summed E-state index contributed by atoms with van der Waals surface area (Å²) >= 11 is 0. The Bertz CT molecular complexity index is 156. The van der Waals surface area contributed by atoms with Crippen molar-refractivity contribution in [2.75, 3.05) is 0 Å². The number of carboxylic acid groups (broad SMARTS) is 1. The molecule has 3 nitrogen and oxygen atoms in total. The van der Waals surface area contributed by atoms with E-state index in [4.69, 9.17) is 15.0 Å². The zero-order valence-electron chi connectivity index (χ0n) is 7.59. The van der Waals surface area contributed by atoms with Crippen molar-refractivity contribution >= 4 is 5.97 Å². The van der Waals surface area contributed by atoms with Crippen molar-refractivity contribution in [3.8, 4) is 0 Å². The maximum Gasteiger partial charge on any atom is 0.320 e. The maximum absolute atomic E-state index is 10.2. The minimum atomic E-state index is -1.88. The van der Waals surface area contributed by atoms with Crippen LogP contribution in [-0.2, 0) is 4.79 Å². The van der Waals surface area contributed by atoms with Crippen molar-refractivity contribution < 1.29 is 14.0 Å². The first-order valence-electron chi connectivity index (χ1n) is 3.75. The fourth-order valence-electron chi connectivity index (χ4n) is 0.251. The molecule has 0 amide bonds. The predicted molar refractivity (Wildman–Crippen MR) is 30.5 cm³/mol. The molecule has 0 saturated heterocycles. The smallest absolute Gasteiger partial charge is 0.320 e. The highest BCUT2D eigenvalue weighted by Crippen LogP contribution is 1.91. The van der Waals surface area contributed by atoms with Gasteiger partial charge in [0.2, 0.25) is 0 Å². The highest BCUT2D eigenvalue weighted by Gasteiger charge is 2.07. The monoisotopic (exact) mass is 124 g/mol. The first kappa shape index (κ1) is 3.45. The van der Waals surface area contributed by atoms with Crippen molar-refractivity contribution in [3.05, 3.63) is 0 Å². The molecule has 2 atom stereocenters. The zero-order chi connectivity index (χ0) is 9.23. The number of hydrogen-bond acceptors (Lipinski definition) is 2. The van der Waals surface area contributed by atoms with Crippen LogP contribution in [0.25, 0.3) is 0 Å². The van der Waals surface area contributed by atoms with Gasteiger partial charge in [-0.05, 0) is 6.40 Å². The minimum Gasteiger partial charge on any atom is -0.480 e. The van der Waals surface area contributed by atoms with E-state index in [0.29, 0.717) is 0 Å². The summed E-state index contributed by atoms with van der Waals surface area (Å²) in [5.74, 6) is -1.35. The van der Waals surface area contributed by atoms with Crippen LogP contribution in [0.4, 0.5) is 0 Å². The van der Waals surface area contributed by atoms with Crippen molar-refractivity contribution in [3.63, 3.8) is 0 Å². The molecular weight excluding hydrogens is 110 g/mol. The van der Waals surface area contributed by atoms with Crippen LogP contribution in [-0.4, -0.2) is 17.1 Å². The van der Waals surface area contributed by atoms with E-state index in [2.05, 4.69) is 0 Å². The summed E-state index contributed by atoms with van der Waals surface area (Å²) in [5.41, 5.74) is 5.02. The van der Waals surface area contributed by atoms with E-state index in [1.54, 1.807) is 0 Å². The Kier molecular flexibility index (Phi) is 1.48. The summed E-state index contributed by atoms with van der Waals surface area (Å²) < 4.78 is 21.1. The first-order valence-corrected chi connectivity index (χ1v) is 2.17. The van der Waals surface area contributed by atoms with Gasteiger partial charge in [-0.3, -0.25) is 4.79 Å². The van der Waals surface area contributed by atoms with E-state index in [1.807, 2.05) is 0 Å². The van der Waals surface area contributed by atoms with Gasteiger partial charge in [0, 0.05) is 4.11 Å². The first-order chi connectivity index (χ1) is 4.76. The molecule has 3 heteroatoms. The van der Waals surface area contributed by atoms with E-state index in [9.17, 15) is 4.79 Å². The molecule has 8 heavy (non-hydrogen) atoms. The minimum absolute atomic E-state index is 1.13. The summed E-state index contributed by atoms with van der Waals surface area (Å²) in [5, 5.41) is 8.30. The van der Waals surface area contributed by atoms with Crippen molar-refractivity contribution in [1.29, 1.82) is 0 Å². The van der Waals surface area contributed by atoms with Crippen LogP contribution in [0.3, 0.4) is 0 Å². The summed E-state index contributed by atoms with van der Waals surface area (Å²) in [6.45, 7) is 1.13. The van der Waals surface area contributed by atoms with Crippen LogP contribution in [0.15, 0.2) is 0 Å². The van der Waals surface area contributed by atoms with Gasteiger partial charge < -0.3 is 10.8 Å². The molecule has 1 unspecified atom stereocenters. The molecule has 0 aromatic heterocycles. The molecule has 0 heterocycles. The molecule has 0 rings (SSSR count). The Morgan fingerprint density at radius 2 is 2.62 bits per heavy atom. The molecule has 0 radical (unpaired) electrons. The highest BCUT2D eigenvalue weighted by molar-refractivity contribution is 5.72. The topological polar surface area (TPSA) is 63.3 Å². The largest absolute Gasteiger partial charge is 0.480 e.